The molecular weight excluding hydrogens is 512 g/mol. The molecule has 0 fully saturated rings. The first kappa shape index (κ1) is 27.3. The maximum absolute atomic E-state index is 13.9. The number of nitrogens with zero attached hydrogens (tertiary/aromatic N) is 1. The van der Waals surface area contributed by atoms with Crippen molar-refractivity contribution in [2.24, 2.45) is 0 Å². The van der Waals surface area contributed by atoms with Crippen LogP contribution in [0.3, 0.4) is 0 Å². The maximum atomic E-state index is 13.9. The highest BCUT2D eigenvalue weighted by Gasteiger charge is 2.60. The number of aliphatic carboxylic acids is 1. The van der Waals surface area contributed by atoms with Crippen LogP contribution in [0.5, 0.6) is 11.5 Å². The number of carbonyl (C=O) groups is 1. The predicted octanol–water partition coefficient (Wildman–Crippen LogP) is 5.19. The summed E-state index contributed by atoms with van der Waals surface area (Å²) < 4.78 is 43.1. The standard InChI is InChI=1S/C28H27FNO7P/c1-6-28(26(31)32,38(34)35-5)27(4,33)23-20(17-10-12-18(29)13-11-17)14-21(30-24(23)16(2)3)19-8-7-9-22-25(19)37-15-36-22/h1,7-14,16,33,38H,15H2,2-5H3,(H,31,32). The molecule has 198 valence electrons. The quantitative estimate of drug-likeness (QED) is 0.297. The summed E-state index contributed by atoms with van der Waals surface area (Å²) in [7, 11) is -2.49. The average Bonchev–Trinajstić information content (AvgIpc) is 3.37. The molecule has 0 aliphatic carbocycles. The van der Waals surface area contributed by atoms with E-state index in [1.807, 2.05) is 13.8 Å². The molecule has 0 saturated heterocycles. The summed E-state index contributed by atoms with van der Waals surface area (Å²) in [6.45, 7) is 4.85. The van der Waals surface area contributed by atoms with Gasteiger partial charge in [0.2, 0.25) is 20.0 Å². The van der Waals surface area contributed by atoms with Gasteiger partial charge in [-0.3, -0.25) is 9.55 Å². The van der Waals surface area contributed by atoms with Crippen molar-refractivity contribution in [3.63, 3.8) is 0 Å². The number of carboxylic acids is 1. The second-order valence-corrected chi connectivity index (χ2v) is 11.0. The molecule has 38 heavy (non-hydrogen) atoms. The molecule has 0 saturated carbocycles. The monoisotopic (exact) mass is 539 g/mol. The molecule has 0 radical (unpaired) electrons. The van der Waals surface area contributed by atoms with E-state index in [4.69, 9.17) is 25.4 Å². The summed E-state index contributed by atoms with van der Waals surface area (Å²) in [4.78, 5) is 17.4. The first-order valence-electron chi connectivity index (χ1n) is 11.7. The van der Waals surface area contributed by atoms with E-state index in [1.165, 1.54) is 31.2 Å². The molecule has 0 bridgehead atoms. The minimum absolute atomic E-state index is 0.0373. The van der Waals surface area contributed by atoms with E-state index >= 15 is 0 Å². The number of fused-ring (bicyclic) bond motifs is 1. The Balaban J connectivity index is 2.14. The third-order valence-electron chi connectivity index (χ3n) is 6.67. The molecule has 2 heterocycles. The van der Waals surface area contributed by atoms with Crippen LogP contribution < -0.4 is 9.47 Å². The number of halogens is 1. The van der Waals surface area contributed by atoms with Gasteiger partial charge in [0.1, 0.15) is 11.4 Å². The van der Waals surface area contributed by atoms with Gasteiger partial charge in [-0.1, -0.05) is 38.0 Å². The van der Waals surface area contributed by atoms with Gasteiger partial charge in [0.15, 0.2) is 11.5 Å². The van der Waals surface area contributed by atoms with Gasteiger partial charge >= 0.3 is 5.97 Å². The highest BCUT2D eigenvalue weighted by atomic mass is 31.1. The van der Waals surface area contributed by atoms with Crippen LogP contribution in [0.4, 0.5) is 4.39 Å². The van der Waals surface area contributed by atoms with Crippen molar-refractivity contribution in [2.45, 2.75) is 37.4 Å². The molecule has 1 aromatic heterocycles. The number of hydrogen-bond donors (Lipinski definition) is 2. The Morgan fingerprint density at radius 2 is 1.89 bits per heavy atom. The number of rotatable bonds is 8. The molecule has 3 atom stereocenters. The Bertz CT molecular complexity index is 1460. The van der Waals surface area contributed by atoms with Crippen molar-refractivity contribution in [1.82, 2.24) is 4.98 Å². The summed E-state index contributed by atoms with van der Waals surface area (Å²) in [5.74, 6) is 0.547. The molecule has 8 nitrogen and oxygen atoms in total. The van der Waals surface area contributed by atoms with E-state index in [1.54, 1.807) is 24.3 Å². The summed E-state index contributed by atoms with van der Waals surface area (Å²) in [5.41, 5.74) is -0.276. The van der Waals surface area contributed by atoms with Gasteiger partial charge in [-0.2, -0.15) is 0 Å². The summed E-state index contributed by atoms with van der Waals surface area (Å²) >= 11 is 0. The molecule has 1 aliphatic heterocycles. The van der Waals surface area contributed by atoms with Crippen LogP contribution in [0.25, 0.3) is 22.4 Å². The van der Waals surface area contributed by atoms with Gasteiger partial charge in [0.25, 0.3) is 0 Å². The van der Waals surface area contributed by atoms with Crippen molar-refractivity contribution in [2.75, 3.05) is 13.9 Å². The number of carboxylic acid groups (broad SMARTS) is 1. The van der Waals surface area contributed by atoms with E-state index in [0.717, 1.165) is 7.11 Å². The number of pyridine rings is 1. The lowest BCUT2D eigenvalue weighted by molar-refractivity contribution is -0.145. The second kappa shape index (κ2) is 10.2. The molecule has 3 unspecified atom stereocenters. The summed E-state index contributed by atoms with van der Waals surface area (Å²) in [6, 6.07) is 12.4. The summed E-state index contributed by atoms with van der Waals surface area (Å²) in [5, 5.41) is 19.7. The van der Waals surface area contributed by atoms with E-state index in [9.17, 15) is 24.0 Å². The molecular formula is C28H27FNO7P. The van der Waals surface area contributed by atoms with Crippen molar-refractivity contribution in [1.29, 1.82) is 0 Å². The number of para-hydroxylation sites is 1. The van der Waals surface area contributed by atoms with Crippen molar-refractivity contribution in [3.8, 4) is 46.2 Å². The molecule has 1 aliphatic rings. The van der Waals surface area contributed by atoms with Gasteiger partial charge in [-0.15, -0.1) is 6.42 Å². The fraction of sp³-hybridized carbons (Fsp3) is 0.286. The van der Waals surface area contributed by atoms with E-state index in [-0.39, 0.29) is 18.3 Å². The van der Waals surface area contributed by atoms with Crippen LogP contribution in [0.15, 0.2) is 48.5 Å². The van der Waals surface area contributed by atoms with Crippen LogP contribution in [-0.2, 0) is 19.5 Å². The SMILES string of the molecule is C#CC(C(=O)O)([PH](=O)OC)C(C)(O)c1c(-c2ccc(F)cc2)cc(-c2cccc3c2OCO3)nc1C(C)C. The predicted molar refractivity (Wildman–Crippen MR) is 140 cm³/mol. The second-order valence-electron chi connectivity index (χ2n) is 9.28. The van der Waals surface area contributed by atoms with Crippen LogP contribution >= 0.6 is 8.03 Å². The van der Waals surface area contributed by atoms with Crippen molar-refractivity contribution < 1.29 is 38.0 Å². The largest absolute Gasteiger partial charge is 0.480 e. The van der Waals surface area contributed by atoms with E-state index in [2.05, 4.69) is 5.92 Å². The number of hydrogen-bond acceptors (Lipinski definition) is 7. The highest BCUT2D eigenvalue weighted by Crippen LogP contribution is 2.54. The maximum Gasteiger partial charge on any atom is 0.335 e. The van der Waals surface area contributed by atoms with Gasteiger partial charge in [0.05, 0.1) is 11.4 Å². The number of terminal acetylenes is 1. The molecule has 2 N–H and O–H groups in total. The topological polar surface area (TPSA) is 115 Å². The Morgan fingerprint density at radius 1 is 1.21 bits per heavy atom. The number of aliphatic hydroxyl groups is 1. The van der Waals surface area contributed by atoms with E-state index < -0.39 is 30.6 Å². The lowest BCUT2D eigenvalue weighted by Gasteiger charge is -2.40. The van der Waals surface area contributed by atoms with Gasteiger partial charge in [-0.05, 0) is 54.3 Å². The first-order valence-corrected chi connectivity index (χ1v) is 13.0. The highest BCUT2D eigenvalue weighted by molar-refractivity contribution is 7.43. The number of ether oxygens (including phenoxy) is 2. The minimum Gasteiger partial charge on any atom is -0.480 e. The van der Waals surface area contributed by atoms with Crippen LogP contribution in [0.2, 0.25) is 0 Å². The van der Waals surface area contributed by atoms with Crippen molar-refractivity contribution >= 4 is 14.0 Å². The van der Waals surface area contributed by atoms with Crippen LogP contribution in [-0.4, -0.2) is 40.2 Å². The fourth-order valence-corrected chi connectivity index (χ4v) is 5.84. The molecule has 10 heteroatoms. The lowest BCUT2D eigenvalue weighted by Crippen LogP contribution is -2.53. The normalized spacial score (nSPS) is 16.4. The van der Waals surface area contributed by atoms with Gasteiger partial charge < -0.3 is 24.2 Å². The molecule has 0 spiro atoms. The number of aromatic nitrogens is 1. The zero-order valence-corrected chi connectivity index (χ0v) is 22.2. The van der Waals surface area contributed by atoms with Gasteiger partial charge in [0, 0.05) is 18.2 Å². The Labute approximate surface area is 220 Å². The van der Waals surface area contributed by atoms with E-state index in [0.29, 0.717) is 39.6 Å². The van der Waals surface area contributed by atoms with Crippen molar-refractivity contribution in [3.05, 3.63) is 65.6 Å². The first-order chi connectivity index (χ1) is 18.0. The molecule has 4 rings (SSSR count). The summed E-state index contributed by atoms with van der Waals surface area (Å²) in [6.07, 6.45) is 5.68. The Morgan fingerprint density at radius 3 is 2.47 bits per heavy atom. The van der Waals surface area contributed by atoms with Gasteiger partial charge in [-0.25, -0.2) is 9.18 Å². The number of benzene rings is 2. The zero-order valence-electron chi connectivity index (χ0n) is 21.2. The lowest BCUT2D eigenvalue weighted by atomic mass is 9.76. The molecule has 3 aromatic rings. The Hall–Kier alpha value is -3.70. The fourth-order valence-electron chi connectivity index (χ4n) is 4.72. The third kappa shape index (κ3) is 4.25. The van der Waals surface area contributed by atoms with Crippen LogP contribution in [0.1, 0.15) is 37.9 Å². The zero-order chi connectivity index (χ0) is 27.8. The Kier molecular flexibility index (Phi) is 7.35. The van der Waals surface area contributed by atoms with Crippen LogP contribution in [0, 0.1) is 18.2 Å². The average molecular weight is 539 g/mol. The minimum atomic E-state index is -3.56. The smallest absolute Gasteiger partial charge is 0.335 e. The third-order valence-corrected chi connectivity index (χ3v) is 8.50. The molecule has 2 aromatic carbocycles. The molecule has 0 amide bonds.